The van der Waals surface area contributed by atoms with Crippen LogP contribution in [0.2, 0.25) is 5.02 Å². The number of aromatic nitrogens is 4. The molecule has 0 bridgehead atoms. The lowest BCUT2D eigenvalue weighted by Crippen LogP contribution is -2.19. The molecule has 0 unspecified atom stereocenters. The number of nitrogens with one attached hydrogen (secondary N) is 2. The number of anilines is 2. The molecule has 0 aliphatic heterocycles. The van der Waals surface area contributed by atoms with Crippen LogP contribution in [0.4, 0.5) is 15.9 Å². The van der Waals surface area contributed by atoms with E-state index in [-0.39, 0.29) is 5.82 Å². The van der Waals surface area contributed by atoms with Crippen molar-refractivity contribution in [3.8, 4) is 0 Å². The lowest BCUT2D eigenvalue weighted by Gasteiger charge is -2.06. The summed E-state index contributed by atoms with van der Waals surface area (Å²) in [5.41, 5.74) is 2.65. The summed E-state index contributed by atoms with van der Waals surface area (Å²) in [5.74, 6) is 0.328. The van der Waals surface area contributed by atoms with Crippen molar-refractivity contribution < 1.29 is 4.39 Å². The number of benzene rings is 2. The predicted molar refractivity (Wildman–Crippen MR) is 120 cm³/mol. The zero-order valence-electron chi connectivity index (χ0n) is 15.8. The second kappa shape index (κ2) is 9.06. The van der Waals surface area contributed by atoms with E-state index >= 15 is 0 Å². The van der Waals surface area contributed by atoms with E-state index in [2.05, 4.69) is 20.8 Å². The van der Waals surface area contributed by atoms with Crippen molar-refractivity contribution in [2.45, 2.75) is 13.1 Å². The van der Waals surface area contributed by atoms with Crippen molar-refractivity contribution in [3.63, 3.8) is 0 Å². The van der Waals surface area contributed by atoms with Gasteiger partial charge in [0.05, 0.1) is 25.0 Å². The summed E-state index contributed by atoms with van der Waals surface area (Å²) in [6.45, 7) is 1.07. The zero-order valence-corrected chi connectivity index (χ0v) is 17.4. The van der Waals surface area contributed by atoms with Crippen molar-refractivity contribution in [3.05, 3.63) is 95.2 Å². The molecule has 0 atom stereocenters. The molecular formula is C21H18ClFN6S. The standard InChI is InChI=1S/C21H18ClFN6S/c22-17-5-1-3-15(9-17)13-29-14-19(11-24-29)25-21(30)26-20-7-8-28(27-20)12-16-4-2-6-18(23)10-16/h1-11,14H,12-13H2,(H2,25,26,27,30). The SMILES string of the molecule is Fc1cccc(Cn2ccc(NC(=S)Nc3cnn(Cc4cccc(Cl)c4)c3)n2)c1. The molecule has 0 fully saturated rings. The van der Waals surface area contributed by atoms with Crippen molar-refractivity contribution in [2.24, 2.45) is 0 Å². The van der Waals surface area contributed by atoms with E-state index < -0.39 is 0 Å². The molecule has 2 heterocycles. The van der Waals surface area contributed by atoms with Gasteiger partial charge in [-0.1, -0.05) is 35.9 Å². The van der Waals surface area contributed by atoms with E-state index in [0.29, 0.717) is 29.0 Å². The van der Waals surface area contributed by atoms with Crippen LogP contribution in [0.25, 0.3) is 0 Å². The number of nitrogens with zero attached hydrogens (tertiary/aromatic N) is 4. The highest BCUT2D eigenvalue weighted by atomic mass is 35.5. The molecule has 0 saturated carbocycles. The Morgan fingerprint density at radius 3 is 2.57 bits per heavy atom. The molecule has 2 aromatic carbocycles. The molecule has 0 aliphatic carbocycles. The van der Waals surface area contributed by atoms with Crippen LogP contribution in [0.15, 0.2) is 73.2 Å². The smallest absolute Gasteiger partial charge is 0.176 e. The van der Waals surface area contributed by atoms with Crippen LogP contribution in [0.3, 0.4) is 0 Å². The molecule has 152 valence electrons. The number of thiocarbonyl (C=S) groups is 1. The first-order chi connectivity index (χ1) is 14.5. The van der Waals surface area contributed by atoms with Crippen molar-refractivity contribution in [1.82, 2.24) is 19.6 Å². The third kappa shape index (κ3) is 5.43. The van der Waals surface area contributed by atoms with Crippen LogP contribution in [-0.4, -0.2) is 24.7 Å². The van der Waals surface area contributed by atoms with Gasteiger partial charge in [0, 0.05) is 23.5 Å². The van der Waals surface area contributed by atoms with Crippen LogP contribution in [0.5, 0.6) is 0 Å². The summed E-state index contributed by atoms with van der Waals surface area (Å²) < 4.78 is 16.8. The maximum absolute atomic E-state index is 13.3. The Labute approximate surface area is 183 Å². The van der Waals surface area contributed by atoms with Crippen molar-refractivity contribution >= 4 is 40.4 Å². The van der Waals surface area contributed by atoms with Gasteiger partial charge in [0.1, 0.15) is 5.82 Å². The largest absolute Gasteiger partial charge is 0.330 e. The van der Waals surface area contributed by atoms with Gasteiger partial charge in [-0.25, -0.2) is 4.39 Å². The van der Waals surface area contributed by atoms with Gasteiger partial charge in [0.2, 0.25) is 0 Å². The number of rotatable bonds is 6. The fraction of sp³-hybridized carbons (Fsp3) is 0.0952. The van der Waals surface area contributed by atoms with Gasteiger partial charge in [-0.15, -0.1) is 0 Å². The van der Waals surface area contributed by atoms with Gasteiger partial charge in [0.15, 0.2) is 10.9 Å². The summed E-state index contributed by atoms with van der Waals surface area (Å²) in [5, 5.41) is 16.0. The van der Waals surface area contributed by atoms with Crippen LogP contribution >= 0.6 is 23.8 Å². The van der Waals surface area contributed by atoms with Gasteiger partial charge >= 0.3 is 0 Å². The van der Waals surface area contributed by atoms with E-state index in [1.54, 1.807) is 33.9 Å². The highest BCUT2D eigenvalue weighted by molar-refractivity contribution is 7.80. The predicted octanol–water partition coefficient (Wildman–Crippen LogP) is 4.78. The molecule has 0 amide bonds. The lowest BCUT2D eigenvalue weighted by atomic mass is 10.2. The summed E-state index contributed by atoms with van der Waals surface area (Å²) in [6, 6.07) is 15.9. The topological polar surface area (TPSA) is 59.7 Å². The van der Waals surface area contributed by atoms with E-state index in [4.69, 9.17) is 23.8 Å². The molecule has 6 nitrogen and oxygen atoms in total. The van der Waals surface area contributed by atoms with E-state index in [1.807, 2.05) is 36.5 Å². The van der Waals surface area contributed by atoms with Crippen LogP contribution < -0.4 is 10.6 Å². The Balaban J connectivity index is 1.32. The van der Waals surface area contributed by atoms with Gasteiger partial charge in [-0.2, -0.15) is 10.2 Å². The Kier molecular flexibility index (Phi) is 6.06. The first-order valence-corrected chi connectivity index (χ1v) is 9.95. The van der Waals surface area contributed by atoms with Crippen LogP contribution in [-0.2, 0) is 13.1 Å². The fourth-order valence-corrected chi connectivity index (χ4v) is 3.39. The highest BCUT2D eigenvalue weighted by Gasteiger charge is 2.06. The molecular weight excluding hydrogens is 423 g/mol. The minimum Gasteiger partial charge on any atom is -0.330 e. The van der Waals surface area contributed by atoms with Gasteiger partial charge in [-0.05, 0) is 47.6 Å². The summed E-state index contributed by atoms with van der Waals surface area (Å²) in [4.78, 5) is 0. The molecule has 0 saturated heterocycles. The fourth-order valence-electron chi connectivity index (χ4n) is 2.95. The third-order valence-electron chi connectivity index (χ3n) is 4.24. The average Bonchev–Trinajstić information content (AvgIpc) is 3.31. The minimum absolute atomic E-state index is 0.265. The minimum atomic E-state index is -0.265. The zero-order chi connectivity index (χ0) is 20.9. The molecule has 2 N–H and O–H groups in total. The molecule has 0 aliphatic rings. The van der Waals surface area contributed by atoms with Gasteiger partial charge in [-0.3, -0.25) is 9.36 Å². The van der Waals surface area contributed by atoms with E-state index in [9.17, 15) is 4.39 Å². The Morgan fingerprint density at radius 1 is 1.00 bits per heavy atom. The highest BCUT2D eigenvalue weighted by Crippen LogP contribution is 2.14. The molecule has 30 heavy (non-hydrogen) atoms. The number of hydrogen-bond donors (Lipinski definition) is 2. The third-order valence-corrected chi connectivity index (χ3v) is 4.68. The molecule has 0 radical (unpaired) electrons. The second-order valence-corrected chi connectivity index (χ2v) is 7.51. The Morgan fingerprint density at radius 2 is 1.77 bits per heavy atom. The van der Waals surface area contributed by atoms with E-state index in [0.717, 1.165) is 16.8 Å². The van der Waals surface area contributed by atoms with Gasteiger partial charge < -0.3 is 10.6 Å². The number of halogens is 2. The summed E-state index contributed by atoms with van der Waals surface area (Å²) >= 11 is 11.4. The van der Waals surface area contributed by atoms with Gasteiger partial charge in [0.25, 0.3) is 0 Å². The normalized spacial score (nSPS) is 10.7. The van der Waals surface area contributed by atoms with E-state index in [1.165, 1.54) is 12.1 Å². The quantitative estimate of drug-likeness (QED) is 0.423. The second-order valence-electron chi connectivity index (χ2n) is 6.66. The Bertz CT molecular complexity index is 1080. The van der Waals surface area contributed by atoms with Crippen LogP contribution in [0.1, 0.15) is 11.1 Å². The first-order valence-electron chi connectivity index (χ1n) is 9.16. The van der Waals surface area contributed by atoms with Crippen molar-refractivity contribution in [2.75, 3.05) is 10.6 Å². The average molecular weight is 441 g/mol. The lowest BCUT2D eigenvalue weighted by molar-refractivity contribution is 0.619. The molecule has 0 spiro atoms. The van der Waals surface area contributed by atoms with Crippen LogP contribution in [0, 0.1) is 5.82 Å². The summed E-state index contributed by atoms with van der Waals surface area (Å²) in [7, 11) is 0. The molecule has 4 aromatic rings. The Hall–Kier alpha value is -3.23. The monoisotopic (exact) mass is 440 g/mol. The first kappa shape index (κ1) is 20.1. The molecule has 4 rings (SSSR count). The maximum Gasteiger partial charge on any atom is 0.176 e. The maximum atomic E-state index is 13.3. The van der Waals surface area contributed by atoms with Crippen molar-refractivity contribution in [1.29, 1.82) is 0 Å². The number of hydrogen-bond acceptors (Lipinski definition) is 3. The molecule has 2 aromatic heterocycles. The molecule has 9 heteroatoms. The summed E-state index contributed by atoms with van der Waals surface area (Å²) in [6.07, 6.45) is 5.36.